The summed E-state index contributed by atoms with van der Waals surface area (Å²) in [4.78, 5) is 13.9. The molecule has 0 saturated carbocycles. The summed E-state index contributed by atoms with van der Waals surface area (Å²) in [6, 6.07) is 0. The lowest BCUT2D eigenvalue weighted by atomic mass is 9.74. The van der Waals surface area contributed by atoms with Gasteiger partial charge in [-0.3, -0.25) is 4.90 Å². The van der Waals surface area contributed by atoms with Gasteiger partial charge in [0.1, 0.15) is 6.10 Å². The molecule has 1 rings (SSSR count). The SMILES string of the molecule is C=CC(=O)OC1CC(C)(CC)N(C)C(C)(CC)C1. The minimum absolute atomic E-state index is 0.00148. The molecule has 104 valence electrons. The number of carbonyl (C=O) groups is 1. The first-order chi connectivity index (χ1) is 8.31. The summed E-state index contributed by atoms with van der Waals surface area (Å²) < 4.78 is 5.50. The van der Waals surface area contributed by atoms with Gasteiger partial charge in [0.05, 0.1) is 0 Å². The van der Waals surface area contributed by atoms with Gasteiger partial charge in [-0.1, -0.05) is 20.4 Å². The molecule has 0 aromatic heterocycles. The first kappa shape index (κ1) is 15.2. The van der Waals surface area contributed by atoms with Crippen LogP contribution in [0, 0.1) is 0 Å². The van der Waals surface area contributed by atoms with Crippen LogP contribution in [0.5, 0.6) is 0 Å². The first-order valence-corrected chi connectivity index (χ1v) is 6.88. The Morgan fingerprint density at radius 3 is 2.11 bits per heavy atom. The lowest BCUT2D eigenvalue weighted by Crippen LogP contribution is -2.62. The number of nitrogens with zero attached hydrogens (tertiary/aromatic N) is 1. The molecule has 2 atom stereocenters. The van der Waals surface area contributed by atoms with E-state index in [1.54, 1.807) is 0 Å². The van der Waals surface area contributed by atoms with Gasteiger partial charge in [0, 0.05) is 30.0 Å². The summed E-state index contributed by atoms with van der Waals surface area (Å²) in [6.45, 7) is 12.4. The van der Waals surface area contributed by atoms with Crippen molar-refractivity contribution in [2.75, 3.05) is 7.05 Å². The van der Waals surface area contributed by atoms with Gasteiger partial charge in [-0.25, -0.2) is 4.79 Å². The molecule has 1 saturated heterocycles. The van der Waals surface area contributed by atoms with Gasteiger partial charge in [-0.15, -0.1) is 0 Å². The number of ether oxygens (including phenoxy) is 1. The molecular weight excluding hydrogens is 226 g/mol. The van der Waals surface area contributed by atoms with Crippen LogP contribution < -0.4 is 0 Å². The second-order valence-corrected chi connectivity index (χ2v) is 5.93. The molecule has 0 aromatic carbocycles. The van der Waals surface area contributed by atoms with E-state index in [9.17, 15) is 4.79 Å². The van der Waals surface area contributed by atoms with E-state index in [1.807, 2.05) is 0 Å². The van der Waals surface area contributed by atoms with Crippen molar-refractivity contribution in [3.05, 3.63) is 12.7 Å². The van der Waals surface area contributed by atoms with Crippen molar-refractivity contribution >= 4 is 5.97 Å². The monoisotopic (exact) mass is 253 g/mol. The van der Waals surface area contributed by atoms with Crippen molar-refractivity contribution in [2.45, 2.75) is 70.6 Å². The second-order valence-electron chi connectivity index (χ2n) is 5.93. The normalized spacial score (nSPS) is 37.3. The molecule has 0 radical (unpaired) electrons. The van der Waals surface area contributed by atoms with Crippen LogP contribution in [0.3, 0.4) is 0 Å². The number of likely N-dealkylation sites (tertiary alicyclic amines) is 1. The van der Waals surface area contributed by atoms with E-state index in [2.05, 4.69) is 46.2 Å². The predicted molar refractivity (Wildman–Crippen MR) is 74.5 cm³/mol. The maximum Gasteiger partial charge on any atom is 0.330 e. The lowest BCUT2D eigenvalue weighted by Gasteiger charge is -2.55. The quantitative estimate of drug-likeness (QED) is 0.569. The Morgan fingerprint density at radius 1 is 1.33 bits per heavy atom. The summed E-state index contributed by atoms with van der Waals surface area (Å²) in [5.74, 6) is -0.304. The van der Waals surface area contributed by atoms with Crippen molar-refractivity contribution < 1.29 is 9.53 Å². The highest BCUT2D eigenvalue weighted by Crippen LogP contribution is 2.41. The van der Waals surface area contributed by atoms with Crippen LogP contribution in [0.4, 0.5) is 0 Å². The third kappa shape index (κ3) is 2.77. The minimum Gasteiger partial charge on any atom is -0.459 e. The van der Waals surface area contributed by atoms with Crippen molar-refractivity contribution in [2.24, 2.45) is 0 Å². The molecule has 2 unspecified atom stereocenters. The van der Waals surface area contributed by atoms with Gasteiger partial charge in [0.15, 0.2) is 0 Å². The van der Waals surface area contributed by atoms with E-state index >= 15 is 0 Å². The highest BCUT2D eigenvalue weighted by atomic mass is 16.5. The Balaban J connectivity index is 2.92. The Bertz CT molecular complexity index is 308. The van der Waals surface area contributed by atoms with Gasteiger partial charge in [0.2, 0.25) is 0 Å². The van der Waals surface area contributed by atoms with Crippen LogP contribution in [0.2, 0.25) is 0 Å². The molecule has 0 spiro atoms. The molecule has 0 bridgehead atoms. The molecule has 1 aliphatic heterocycles. The fourth-order valence-electron chi connectivity index (χ4n) is 3.04. The highest BCUT2D eigenvalue weighted by Gasteiger charge is 2.47. The third-order valence-corrected chi connectivity index (χ3v) is 4.93. The fourth-order valence-corrected chi connectivity index (χ4v) is 3.04. The van der Waals surface area contributed by atoms with Crippen molar-refractivity contribution in [1.82, 2.24) is 4.90 Å². The Hall–Kier alpha value is -0.830. The van der Waals surface area contributed by atoms with Gasteiger partial charge >= 0.3 is 5.97 Å². The zero-order chi connectivity index (χ0) is 14.0. The van der Waals surface area contributed by atoms with Crippen molar-refractivity contribution in [1.29, 1.82) is 0 Å². The number of hydrogen-bond donors (Lipinski definition) is 0. The summed E-state index contributed by atoms with van der Waals surface area (Å²) in [5.41, 5.74) is 0.185. The molecule has 1 heterocycles. The van der Waals surface area contributed by atoms with Gasteiger partial charge in [0.25, 0.3) is 0 Å². The Labute approximate surface area is 111 Å². The first-order valence-electron chi connectivity index (χ1n) is 6.88. The average Bonchev–Trinajstić information content (AvgIpc) is 2.35. The van der Waals surface area contributed by atoms with Gasteiger partial charge < -0.3 is 4.74 Å². The third-order valence-electron chi connectivity index (χ3n) is 4.93. The molecular formula is C15H27NO2. The number of rotatable bonds is 4. The number of esters is 1. The molecule has 18 heavy (non-hydrogen) atoms. The molecule has 1 aliphatic rings. The molecule has 0 aromatic rings. The summed E-state index contributed by atoms with van der Waals surface area (Å²) in [5, 5.41) is 0. The average molecular weight is 253 g/mol. The maximum absolute atomic E-state index is 11.4. The molecule has 0 N–H and O–H groups in total. The molecule has 0 amide bonds. The standard InChI is InChI=1S/C15H27NO2/c1-7-13(17)18-12-10-14(4,8-2)16(6)15(5,9-3)11-12/h7,12H,1,8-11H2,2-6H3. The van der Waals surface area contributed by atoms with Crippen molar-refractivity contribution in [3.63, 3.8) is 0 Å². The van der Waals surface area contributed by atoms with E-state index in [0.29, 0.717) is 0 Å². The van der Waals surface area contributed by atoms with Crippen LogP contribution in [-0.4, -0.2) is 35.1 Å². The van der Waals surface area contributed by atoms with E-state index in [-0.39, 0.29) is 23.2 Å². The molecule has 1 fully saturated rings. The van der Waals surface area contributed by atoms with Crippen LogP contribution >= 0.6 is 0 Å². The summed E-state index contributed by atoms with van der Waals surface area (Å²) in [7, 11) is 2.19. The topological polar surface area (TPSA) is 29.5 Å². The molecule has 3 nitrogen and oxygen atoms in total. The van der Waals surface area contributed by atoms with E-state index < -0.39 is 0 Å². The van der Waals surface area contributed by atoms with Crippen molar-refractivity contribution in [3.8, 4) is 0 Å². The zero-order valence-corrected chi connectivity index (χ0v) is 12.5. The lowest BCUT2D eigenvalue weighted by molar-refractivity contribution is -0.155. The van der Waals surface area contributed by atoms with Crippen LogP contribution in [0.25, 0.3) is 0 Å². The number of hydrogen-bond acceptors (Lipinski definition) is 3. The van der Waals surface area contributed by atoms with E-state index in [1.165, 1.54) is 6.08 Å². The van der Waals surface area contributed by atoms with Gasteiger partial charge in [-0.05, 0) is 33.7 Å². The number of carbonyl (C=O) groups excluding carboxylic acids is 1. The summed E-state index contributed by atoms with van der Waals surface area (Å²) >= 11 is 0. The maximum atomic E-state index is 11.4. The molecule has 0 aliphatic carbocycles. The van der Waals surface area contributed by atoms with Crippen LogP contribution in [-0.2, 0) is 9.53 Å². The molecule has 3 heteroatoms. The minimum atomic E-state index is -0.304. The van der Waals surface area contributed by atoms with E-state index in [4.69, 9.17) is 4.74 Å². The highest BCUT2D eigenvalue weighted by molar-refractivity contribution is 5.81. The van der Waals surface area contributed by atoms with Crippen LogP contribution in [0.15, 0.2) is 12.7 Å². The Morgan fingerprint density at radius 2 is 1.78 bits per heavy atom. The van der Waals surface area contributed by atoms with E-state index in [0.717, 1.165) is 25.7 Å². The predicted octanol–water partition coefficient (Wildman–Crippen LogP) is 3.15. The summed E-state index contributed by atoms with van der Waals surface area (Å²) in [6.07, 6.45) is 5.17. The fraction of sp³-hybridized carbons (Fsp3) is 0.800. The zero-order valence-electron chi connectivity index (χ0n) is 12.5. The number of piperidine rings is 1. The second kappa shape index (κ2) is 5.43. The van der Waals surface area contributed by atoms with Gasteiger partial charge in [-0.2, -0.15) is 0 Å². The largest absolute Gasteiger partial charge is 0.459 e. The Kier molecular flexibility index (Phi) is 4.60. The smallest absolute Gasteiger partial charge is 0.330 e. The van der Waals surface area contributed by atoms with Crippen LogP contribution in [0.1, 0.15) is 53.4 Å².